The molecule has 1 aliphatic rings. The minimum atomic E-state index is -0.348. The van der Waals surface area contributed by atoms with Crippen molar-refractivity contribution in [3.63, 3.8) is 0 Å². The van der Waals surface area contributed by atoms with Gasteiger partial charge in [-0.1, -0.05) is 12.8 Å². The van der Waals surface area contributed by atoms with Crippen LogP contribution >= 0.6 is 0 Å². The van der Waals surface area contributed by atoms with Crippen LogP contribution in [0.1, 0.15) is 41.7 Å². The first-order valence-electron chi connectivity index (χ1n) is 7.18. The zero-order valence-electron chi connectivity index (χ0n) is 12.2. The molecule has 1 heterocycles. The van der Waals surface area contributed by atoms with Gasteiger partial charge in [-0.05, 0) is 44.4 Å². The average Bonchev–Trinajstić information content (AvgIpc) is 2.47. The summed E-state index contributed by atoms with van der Waals surface area (Å²) < 4.78 is 4.73. The largest absolute Gasteiger partial charge is 0.465 e. The van der Waals surface area contributed by atoms with E-state index in [2.05, 4.69) is 10.3 Å². The van der Waals surface area contributed by atoms with Crippen molar-refractivity contribution in [1.29, 1.82) is 0 Å². The Labute approximate surface area is 119 Å². The molecule has 1 aromatic rings. The lowest BCUT2D eigenvalue weighted by molar-refractivity contribution is 0.0599. The first-order valence-corrected chi connectivity index (χ1v) is 7.18. The van der Waals surface area contributed by atoms with E-state index in [0.29, 0.717) is 29.8 Å². The summed E-state index contributed by atoms with van der Waals surface area (Å²) in [5.74, 6) is 0.964. The van der Waals surface area contributed by atoms with Crippen molar-refractivity contribution in [2.75, 3.05) is 19.0 Å². The quantitative estimate of drug-likeness (QED) is 0.824. The summed E-state index contributed by atoms with van der Waals surface area (Å²) >= 11 is 0. The first-order chi connectivity index (χ1) is 9.65. The molecule has 1 saturated carbocycles. The number of esters is 1. The second-order valence-corrected chi connectivity index (χ2v) is 5.35. The van der Waals surface area contributed by atoms with Crippen LogP contribution in [0.2, 0.25) is 0 Å². The van der Waals surface area contributed by atoms with E-state index >= 15 is 0 Å². The number of rotatable bonds is 4. The Kier molecular flexibility index (Phi) is 4.95. The maximum absolute atomic E-state index is 11.5. The van der Waals surface area contributed by atoms with E-state index in [4.69, 9.17) is 10.5 Å². The van der Waals surface area contributed by atoms with Crippen molar-refractivity contribution in [1.82, 2.24) is 4.98 Å². The fourth-order valence-corrected chi connectivity index (χ4v) is 2.84. The lowest BCUT2D eigenvalue weighted by Crippen LogP contribution is -2.37. The highest BCUT2D eigenvalue weighted by Gasteiger charge is 2.24. The second kappa shape index (κ2) is 6.70. The number of nitrogens with one attached hydrogen (secondary N) is 1. The smallest absolute Gasteiger partial charge is 0.339 e. The van der Waals surface area contributed by atoms with Crippen LogP contribution in [-0.2, 0) is 4.74 Å². The number of ether oxygens (including phenoxy) is 1. The van der Waals surface area contributed by atoms with Crippen molar-refractivity contribution < 1.29 is 9.53 Å². The van der Waals surface area contributed by atoms with Crippen molar-refractivity contribution in [3.8, 4) is 0 Å². The average molecular weight is 277 g/mol. The predicted octanol–water partition coefficient (Wildman–Crippen LogP) is 2.11. The number of hydrogen-bond acceptors (Lipinski definition) is 5. The fraction of sp³-hybridized carbons (Fsp3) is 0.600. The van der Waals surface area contributed by atoms with Gasteiger partial charge in [0.25, 0.3) is 0 Å². The normalized spacial score (nSPS) is 22.4. The molecular weight excluding hydrogens is 254 g/mol. The molecule has 110 valence electrons. The molecule has 0 aromatic carbocycles. The zero-order chi connectivity index (χ0) is 14.5. The SMILES string of the molecule is COC(=O)c1ccc(NC2CCCCC2CN)nc1C. The summed E-state index contributed by atoms with van der Waals surface area (Å²) in [5, 5.41) is 3.46. The van der Waals surface area contributed by atoms with Crippen LogP contribution < -0.4 is 11.1 Å². The van der Waals surface area contributed by atoms with Gasteiger partial charge in [0, 0.05) is 6.04 Å². The van der Waals surface area contributed by atoms with Gasteiger partial charge in [-0.25, -0.2) is 9.78 Å². The van der Waals surface area contributed by atoms with Crippen LogP contribution in [0.4, 0.5) is 5.82 Å². The number of nitrogens with two attached hydrogens (primary N) is 1. The lowest BCUT2D eigenvalue weighted by atomic mass is 9.84. The molecule has 0 aliphatic heterocycles. The highest BCUT2D eigenvalue weighted by atomic mass is 16.5. The zero-order valence-corrected chi connectivity index (χ0v) is 12.2. The number of aromatic nitrogens is 1. The van der Waals surface area contributed by atoms with Crippen molar-refractivity contribution in [2.24, 2.45) is 11.7 Å². The maximum Gasteiger partial charge on any atom is 0.339 e. The number of carbonyl (C=O) groups excluding carboxylic acids is 1. The van der Waals surface area contributed by atoms with Gasteiger partial charge in [0.2, 0.25) is 0 Å². The van der Waals surface area contributed by atoms with Crippen molar-refractivity contribution in [3.05, 3.63) is 23.4 Å². The highest BCUT2D eigenvalue weighted by molar-refractivity contribution is 5.90. The van der Waals surface area contributed by atoms with Gasteiger partial charge < -0.3 is 15.8 Å². The molecule has 0 radical (unpaired) electrons. The second-order valence-electron chi connectivity index (χ2n) is 5.35. The molecule has 2 rings (SSSR count). The molecule has 5 heteroatoms. The van der Waals surface area contributed by atoms with E-state index in [1.54, 1.807) is 6.07 Å². The van der Waals surface area contributed by atoms with E-state index in [-0.39, 0.29) is 5.97 Å². The summed E-state index contributed by atoms with van der Waals surface area (Å²) in [7, 11) is 1.38. The first kappa shape index (κ1) is 14.8. The predicted molar refractivity (Wildman–Crippen MR) is 78.7 cm³/mol. The van der Waals surface area contributed by atoms with Crippen LogP contribution in [-0.4, -0.2) is 30.6 Å². The maximum atomic E-state index is 11.5. The van der Waals surface area contributed by atoms with Gasteiger partial charge in [0.05, 0.1) is 18.4 Å². The lowest BCUT2D eigenvalue weighted by Gasteiger charge is -2.31. The number of methoxy groups -OCH3 is 1. The molecule has 3 N–H and O–H groups in total. The van der Waals surface area contributed by atoms with Crippen LogP contribution in [0, 0.1) is 12.8 Å². The van der Waals surface area contributed by atoms with Gasteiger partial charge in [-0.2, -0.15) is 0 Å². The molecule has 0 spiro atoms. The minimum Gasteiger partial charge on any atom is -0.465 e. The van der Waals surface area contributed by atoms with E-state index in [9.17, 15) is 4.79 Å². The van der Waals surface area contributed by atoms with Gasteiger partial charge in [0.15, 0.2) is 0 Å². The number of carbonyl (C=O) groups is 1. The van der Waals surface area contributed by atoms with Gasteiger partial charge in [-0.15, -0.1) is 0 Å². The Morgan fingerprint density at radius 1 is 1.45 bits per heavy atom. The van der Waals surface area contributed by atoms with E-state index in [1.165, 1.54) is 26.4 Å². The summed E-state index contributed by atoms with van der Waals surface area (Å²) in [4.78, 5) is 16.0. The molecule has 0 amide bonds. The van der Waals surface area contributed by atoms with Crippen LogP contribution in [0.5, 0.6) is 0 Å². The molecule has 0 saturated heterocycles. The summed E-state index contributed by atoms with van der Waals surface area (Å²) in [5.41, 5.74) is 7.03. The molecule has 5 nitrogen and oxygen atoms in total. The van der Waals surface area contributed by atoms with Gasteiger partial charge >= 0.3 is 5.97 Å². The van der Waals surface area contributed by atoms with Crippen molar-refractivity contribution >= 4 is 11.8 Å². The molecule has 1 fully saturated rings. The third kappa shape index (κ3) is 3.28. The number of aryl methyl sites for hydroxylation is 1. The molecule has 0 bridgehead atoms. The third-order valence-electron chi connectivity index (χ3n) is 4.04. The van der Waals surface area contributed by atoms with Crippen LogP contribution in [0.3, 0.4) is 0 Å². The Balaban J connectivity index is 2.09. The molecular formula is C15H23N3O2. The van der Waals surface area contributed by atoms with E-state index in [1.807, 2.05) is 13.0 Å². The van der Waals surface area contributed by atoms with E-state index < -0.39 is 0 Å². The number of anilines is 1. The molecule has 2 unspecified atom stereocenters. The standard InChI is InChI=1S/C15H23N3O2/c1-10-12(15(19)20-2)7-8-14(17-10)18-13-6-4-3-5-11(13)9-16/h7-8,11,13H,3-6,9,16H2,1-2H3,(H,17,18). The molecule has 1 aliphatic carbocycles. The monoisotopic (exact) mass is 277 g/mol. The van der Waals surface area contributed by atoms with Crippen LogP contribution in [0.15, 0.2) is 12.1 Å². The Bertz CT molecular complexity index is 476. The highest BCUT2D eigenvalue weighted by Crippen LogP contribution is 2.26. The molecule has 1 aromatic heterocycles. The topological polar surface area (TPSA) is 77.2 Å². The Hall–Kier alpha value is -1.62. The summed E-state index contributed by atoms with van der Waals surface area (Å²) in [6, 6.07) is 3.97. The molecule has 2 atom stereocenters. The summed E-state index contributed by atoms with van der Waals surface area (Å²) in [6.45, 7) is 2.52. The third-order valence-corrected chi connectivity index (χ3v) is 4.04. The Morgan fingerprint density at radius 2 is 2.20 bits per heavy atom. The van der Waals surface area contributed by atoms with Gasteiger partial charge in [0.1, 0.15) is 5.82 Å². The number of pyridine rings is 1. The minimum absolute atomic E-state index is 0.348. The van der Waals surface area contributed by atoms with Crippen LogP contribution in [0.25, 0.3) is 0 Å². The summed E-state index contributed by atoms with van der Waals surface area (Å²) in [6.07, 6.45) is 4.79. The van der Waals surface area contributed by atoms with E-state index in [0.717, 1.165) is 12.2 Å². The Morgan fingerprint density at radius 3 is 2.85 bits per heavy atom. The van der Waals surface area contributed by atoms with Crippen molar-refractivity contribution in [2.45, 2.75) is 38.6 Å². The van der Waals surface area contributed by atoms with Gasteiger partial charge in [-0.3, -0.25) is 0 Å². The number of hydrogen-bond donors (Lipinski definition) is 2. The number of nitrogens with zero attached hydrogens (tertiary/aromatic N) is 1. The fourth-order valence-electron chi connectivity index (χ4n) is 2.84. The molecule has 20 heavy (non-hydrogen) atoms.